The first-order chi connectivity index (χ1) is 14.1. The Kier molecular flexibility index (Phi) is 7.29. The predicted molar refractivity (Wildman–Crippen MR) is 112 cm³/mol. The molecule has 0 bridgehead atoms. The van der Waals surface area contributed by atoms with Crippen molar-refractivity contribution in [1.82, 2.24) is 31.3 Å². The number of hydrogen-bond donors (Lipinski definition) is 5. The van der Waals surface area contributed by atoms with Gasteiger partial charge in [-0.3, -0.25) is 9.69 Å². The van der Waals surface area contributed by atoms with Crippen LogP contribution >= 0.6 is 11.6 Å². The number of amides is 1. The van der Waals surface area contributed by atoms with E-state index < -0.39 is 6.17 Å². The fraction of sp³-hybridized carbons (Fsp3) is 0.947. The van der Waals surface area contributed by atoms with Gasteiger partial charge in [-0.2, -0.15) is 0 Å². The lowest BCUT2D eigenvalue weighted by Gasteiger charge is -2.43. The molecule has 4 rings (SSSR count). The zero-order valence-electron chi connectivity index (χ0n) is 17.3. The summed E-state index contributed by atoms with van der Waals surface area (Å²) in [7, 11) is 0. The molecule has 6 N–H and O–H groups in total. The molecular formula is C19H36ClN7O2. The number of alkyl halides is 1. The number of piperidine rings is 1. The van der Waals surface area contributed by atoms with Crippen LogP contribution in [0.25, 0.3) is 0 Å². The van der Waals surface area contributed by atoms with Crippen molar-refractivity contribution in [3.05, 3.63) is 0 Å². The standard InChI is InChI=1S/C19H36ClN7O2/c1-2-7-26-10-12(20)11-27-19(26)16(17(21)25-27)18(28)24-14-9-23-6-4-15(14)29-13-3-5-22-8-13/h12-17,19,22-23,25H,2-11,21H2,1H3,(H,24,28)/t12?,13-,14?,15?,16?,17?,19?/m0/s1. The molecule has 4 saturated heterocycles. The molecule has 4 aliphatic rings. The highest BCUT2D eigenvalue weighted by Gasteiger charge is 2.50. The summed E-state index contributed by atoms with van der Waals surface area (Å²) in [6, 6.07) is -0.0397. The van der Waals surface area contributed by atoms with Crippen molar-refractivity contribution in [2.45, 2.75) is 62.1 Å². The van der Waals surface area contributed by atoms with Crippen LogP contribution in [0, 0.1) is 5.92 Å². The van der Waals surface area contributed by atoms with Crippen LogP contribution in [-0.4, -0.2) is 97.6 Å². The Labute approximate surface area is 178 Å². The van der Waals surface area contributed by atoms with Crippen LogP contribution < -0.4 is 27.1 Å². The zero-order chi connectivity index (χ0) is 20.4. The summed E-state index contributed by atoms with van der Waals surface area (Å²) in [6.45, 7) is 8.05. The number of carbonyl (C=O) groups excluding carboxylic acids is 1. The van der Waals surface area contributed by atoms with E-state index in [4.69, 9.17) is 22.1 Å². The maximum atomic E-state index is 13.4. The number of hydrogen-bond acceptors (Lipinski definition) is 8. The van der Waals surface area contributed by atoms with Crippen LogP contribution in [0.4, 0.5) is 0 Å². The third-order valence-electron chi connectivity index (χ3n) is 6.49. The Morgan fingerprint density at radius 1 is 1.24 bits per heavy atom. The third-order valence-corrected chi connectivity index (χ3v) is 6.76. The monoisotopic (exact) mass is 429 g/mol. The molecule has 4 fully saturated rings. The first-order valence-corrected chi connectivity index (χ1v) is 11.5. The number of nitrogens with one attached hydrogen (secondary N) is 4. The van der Waals surface area contributed by atoms with Gasteiger partial charge in [0.15, 0.2) is 0 Å². The van der Waals surface area contributed by atoms with Gasteiger partial charge in [0, 0.05) is 26.2 Å². The molecule has 0 spiro atoms. The molecule has 0 aromatic heterocycles. The molecule has 0 aromatic carbocycles. The molecule has 0 aliphatic carbocycles. The predicted octanol–water partition coefficient (Wildman–Crippen LogP) is -1.41. The Morgan fingerprint density at radius 3 is 2.79 bits per heavy atom. The fourth-order valence-corrected chi connectivity index (χ4v) is 5.49. The van der Waals surface area contributed by atoms with Crippen LogP contribution in [0.1, 0.15) is 26.2 Å². The molecule has 7 atom stereocenters. The first-order valence-electron chi connectivity index (χ1n) is 11.1. The lowest BCUT2D eigenvalue weighted by atomic mass is 9.97. The maximum absolute atomic E-state index is 13.4. The quantitative estimate of drug-likeness (QED) is 0.328. The second-order valence-electron chi connectivity index (χ2n) is 8.74. The second kappa shape index (κ2) is 9.74. The Hall–Kier alpha value is -0.520. The van der Waals surface area contributed by atoms with Crippen LogP contribution in [0.15, 0.2) is 0 Å². The summed E-state index contributed by atoms with van der Waals surface area (Å²) in [4.78, 5) is 15.7. The average molecular weight is 430 g/mol. The molecule has 4 aliphatic heterocycles. The van der Waals surface area contributed by atoms with E-state index in [1.165, 1.54) is 0 Å². The molecule has 6 unspecified atom stereocenters. The third kappa shape index (κ3) is 4.88. The van der Waals surface area contributed by atoms with E-state index in [9.17, 15) is 4.79 Å². The number of fused-ring (bicyclic) bond motifs is 1. The molecule has 4 heterocycles. The highest BCUT2D eigenvalue weighted by molar-refractivity contribution is 6.21. The van der Waals surface area contributed by atoms with Gasteiger partial charge in [0.1, 0.15) is 0 Å². The number of nitrogens with two attached hydrogens (primary N) is 1. The van der Waals surface area contributed by atoms with Gasteiger partial charge in [-0.25, -0.2) is 10.4 Å². The van der Waals surface area contributed by atoms with Crippen molar-refractivity contribution in [3.63, 3.8) is 0 Å². The van der Waals surface area contributed by atoms with E-state index >= 15 is 0 Å². The molecular weight excluding hydrogens is 394 g/mol. The van der Waals surface area contributed by atoms with Crippen LogP contribution in [0.3, 0.4) is 0 Å². The van der Waals surface area contributed by atoms with E-state index in [1.807, 2.05) is 0 Å². The van der Waals surface area contributed by atoms with Crippen LogP contribution in [0.2, 0.25) is 0 Å². The van der Waals surface area contributed by atoms with Crippen molar-refractivity contribution < 1.29 is 9.53 Å². The number of ether oxygens (including phenoxy) is 1. The van der Waals surface area contributed by atoms with Gasteiger partial charge in [-0.15, -0.1) is 11.6 Å². The van der Waals surface area contributed by atoms with Crippen LogP contribution in [-0.2, 0) is 9.53 Å². The SMILES string of the molecule is CCCN1CC(Cl)CN2NC(N)C(C(=O)NC3CNCCC3O[C@H]3CCNC3)C12. The van der Waals surface area contributed by atoms with Gasteiger partial charge in [0.25, 0.3) is 0 Å². The summed E-state index contributed by atoms with van der Waals surface area (Å²) < 4.78 is 6.33. The minimum absolute atomic E-state index is 0.00141. The van der Waals surface area contributed by atoms with Crippen LogP contribution in [0.5, 0.6) is 0 Å². The lowest BCUT2D eigenvalue weighted by Crippen LogP contribution is -2.62. The summed E-state index contributed by atoms with van der Waals surface area (Å²) in [5.41, 5.74) is 9.66. The van der Waals surface area contributed by atoms with Crippen molar-refractivity contribution in [2.24, 2.45) is 11.7 Å². The molecule has 9 nitrogen and oxygen atoms in total. The van der Waals surface area contributed by atoms with Crippen molar-refractivity contribution in [3.8, 4) is 0 Å². The Bertz CT molecular complexity index is 565. The number of rotatable bonds is 6. The van der Waals surface area contributed by atoms with Gasteiger partial charge in [-0.05, 0) is 38.9 Å². The summed E-state index contributed by atoms with van der Waals surface area (Å²) in [5, 5.41) is 12.1. The van der Waals surface area contributed by atoms with Gasteiger partial charge in [0.2, 0.25) is 5.91 Å². The molecule has 166 valence electrons. The second-order valence-corrected chi connectivity index (χ2v) is 9.35. The maximum Gasteiger partial charge on any atom is 0.229 e. The zero-order valence-corrected chi connectivity index (χ0v) is 18.0. The smallest absolute Gasteiger partial charge is 0.229 e. The van der Waals surface area contributed by atoms with Gasteiger partial charge < -0.3 is 26.4 Å². The number of hydrazine groups is 1. The lowest BCUT2D eigenvalue weighted by molar-refractivity contribution is -0.132. The van der Waals surface area contributed by atoms with Crippen molar-refractivity contribution in [2.75, 3.05) is 45.8 Å². The van der Waals surface area contributed by atoms with E-state index in [1.54, 1.807) is 0 Å². The molecule has 10 heteroatoms. The molecule has 1 amide bonds. The normalized spacial score (nSPS) is 41.4. The number of carbonyl (C=O) groups is 1. The average Bonchev–Trinajstić information content (AvgIpc) is 3.30. The molecule has 0 radical (unpaired) electrons. The minimum atomic E-state index is -0.420. The fourth-order valence-electron chi connectivity index (χ4n) is 5.17. The van der Waals surface area contributed by atoms with E-state index in [-0.39, 0.29) is 41.6 Å². The van der Waals surface area contributed by atoms with E-state index in [0.29, 0.717) is 6.54 Å². The Balaban J connectivity index is 1.42. The first kappa shape index (κ1) is 21.7. The molecule has 0 saturated carbocycles. The highest BCUT2D eigenvalue weighted by atomic mass is 35.5. The van der Waals surface area contributed by atoms with Crippen molar-refractivity contribution >= 4 is 17.5 Å². The van der Waals surface area contributed by atoms with E-state index in [0.717, 1.165) is 58.5 Å². The van der Waals surface area contributed by atoms with E-state index in [2.05, 4.69) is 38.2 Å². The van der Waals surface area contributed by atoms with Gasteiger partial charge in [-0.1, -0.05) is 6.92 Å². The topological polar surface area (TPSA) is 107 Å². The summed E-state index contributed by atoms with van der Waals surface area (Å²) in [5.74, 6) is -0.347. The molecule has 29 heavy (non-hydrogen) atoms. The van der Waals surface area contributed by atoms with Gasteiger partial charge in [0.05, 0.1) is 41.9 Å². The summed E-state index contributed by atoms with van der Waals surface area (Å²) in [6.07, 6.45) is 2.74. The number of nitrogens with zero attached hydrogens (tertiary/aromatic N) is 2. The minimum Gasteiger partial charge on any atom is -0.371 e. The number of halogens is 1. The molecule has 0 aromatic rings. The largest absolute Gasteiger partial charge is 0.371 e. The summed E-state index contributed by atoms with van der Waals surface area (Å²) >= 11 is 6.45. The van der Waals surface area contributed by atoms with Crippen molar-refractivity contribution in [1.29, 1.82) is 0 Å². The highest BCUT2D eigenvalue weighted by Crippen LogP contribution is 2.29. The van der Waals surface area contributed by atoms with Gasteiger partial charge >= 0.3 is 0 Å². The Morgan fingerprint density at radius 2 is 2.03 bits per heavy atom.